The van der Waals surface area contributed by atoms with Gasteiger partial charge >= 0.3 is 0 Å². The third-order valence-corrected chi connectivity index (χ3v) is 4.86. The number of carbonyl (C=O) groups excluding carboxylic acids is 1. The van der Waals surface area contributed by atoms with Gasteiger partial charge in [-0.3, -0.25) is 9.78 Å². The SMILES string of the molecule is N#Cc1cccc(C2SCC(=O)N2CCc2ccccn2)c1. The van der Waals surface area contributed by atoms with Crippen LogP contribution >= 0.6 is 11.8 Å². The fourth-order valence-electron chi connectivity index (χ4n) is 2.51. The summed E-state index contributed by atoms with van der Waals surface area (Å²) in [4.78, 5) is 18.3. The van der Waals surface area contributed by atoms with Gasteiger partial charge in [-0.05, 0) is 29.8 Å². The van der Waals surface area contributed by atoms with Crippen LogP contribution in [0.4, 0.5) is 0 Å². The van der Waals surface area contributed by atoms with Crippen LogP contribution in [-0.4, -0.2) is 28.1 Å². The highest BCUT2D eigenvalue weighted by Gasteiger charge is 2.32. The number of rotatable bonds is 4. The normalized spacial score (nSPS) is 17.5. The van der Waals surface area contributed by atoms with Crippen molar-refractivity contribution in [3.05, 3.63) is 65.5 Å². The molecule has 0 N–H and O–H groups in total. The average molecular weight is 309 g/mol. The monoisotopic (exact) mass is 309 g/mol. The van der Waals surface area contributed by atoms with E-state index in [-0.39, 0.29) is 11.3 Å². The lowest BCUT2D eigenvalue weighted by Crippen LogP contribution is -2.30. The zero-order chi connectivity index (χ0) is 15.4. The van der Waals surface area contributed by atoms with Gasteiger partial charge in [0.2, 0.25) is 5.91 Å². The summed E-state index contributed by atoms with van der Waals surface area (Å²) in [6, 6.07) is 15.5. The molecule has 1 fully saturated rings. The lowest BCUT2D eigenvalue weighted by molar-refractivity contribution is -0.128. The molecule has 2 heterocycles. The van der Waals surface area contributed by atoms with Crippen molar-refractivity contribution < 1.29 is 4.79 Å². The molecule has 0 radical (unpaired) electrons. The van der Waals surface area contributed by atoms with Crippen LogP contribution in [-0.2, 0) is 11.2 Å². The first-order valence-corrected chi connectivity index (χ1v) is 8.14. The molecule has 2 aromatic rings. The van der Waals surface area contributed by atoms with Gasteiger partial charge in [-0.1, -0.05) is 18.2 Å². The van der Waals surface area contributed by atoms with E-state index in [1.165, 1.54) is 0 Å². The maximum Gasteiger partial charge on any atom is 0.233 e. The van der Waals surface area contributed by atoms with Gasteiger partial charge in [-0.15, -0.1) is 11.8 Å². The standard InChI is InChI=1S/C17H15N3OS/c18-11-13-4-3-5-14(10-13)17-20(16(21)12-22-17)9-7-15-6-1-2-8-19-15/h1-6,8,10,17H,7,9,12H2. The topological polar surface area (TPSA) is 57.0 Å². The van der Waals surface area contributed by atoms with E-state index < -0.39 is 0 Å². The van der Waals surface area contributed by atoms with Crippen LogP contribution in [0.25, 0.3) is 0 Å². The van der Waals surface area contributed by atoms with Crippen molar-refractivity contribution in [3.8, 4) is 6.07 Å². The highest BCUT2D eigenvalue weighted by Crippen LogP contribution is 2.38. The Labute approximate surface area is 133 Å². The van der Waals surface area contributed by atoms with Gasteiger partial charge in [0.15, 0.2) is 0 Å². The summed E-state index contributed by atoms with van der Waals surface area (Å²) >= 11 is 1.61. The Balaban J connectivity index is 1.76. The Morgan fingerprint density at radius 2 is 2.23 bits per heavy atom. The molecule has 0 spiro atoms. The second-order valence-corrected chi connectivity index (χ2v) is 6.13. The Morgan fingerprint density at radius 3 is 3.00 bits per heavy atom. The molecule has 5 heteroatoms. The van der Waals surface area contributed by atoms with Gasteiger partial charge in [0.1, 0.15) is 5.37 Å². The van der Waals surface area contributed by atoms with Crippen molar-refractivity contribution in [2.24, 2.45) is 0 Å². The number of benzene rings is 1. The molecule has 4 nitrogen and oxygen atoms in total. The lowest BCUT2D eigenvalue weighted by Gasteiger charge is -2.24. The molecule has 1 unspecified atom stereocenters. The van der Waals surface area contributed by atoms with E-state index in [1.807, 2.05) is 41.3 Å². The highest BCUT2D eigenvalue weighted by atomic mass is 32.2. The molecule has 110 valence electrons. The van der Waals surface area contributed by atoms with E-state index in [0.29, 0.717) is 17.9 Å². The molecule has 3 rings (SSSR count). The van der Waals surface area contributed by atoms with Crippen molar-refractivity contribution in [2.45, 2.75) is 11.8 Å². The van der Waals surface area contributed by atoms with Gasteiger partial charge in [0.25, 0.3) is 0 Å². The van der Waals surface area contributed by atoms with Crippen molar-refractivity contribution in [1.82, 2.24) is 9.88 Å². The zero-order valence-corrected chi connectivity index (χ0v) is 12.8. The number of amides is 1. The molecular weight excluding hydrogens is 294 g/mol. The molecule has 1 aliphatic heterocycles. The summed E-state index contributed by atoms with van der Waals surface area (Å²) in [5.41, 5.74) is 2.62. The van der Waals surface area contributed by atoms with E-state index >= 15 is 0 Å². The first-order chi connectivity index (χ1) is 10.8. The summed E-state index contributed by atoms with van der Waals surface area (Å²) in [5.74, 6) is 0.636. The fourth-order valence-corrected chi connectivity index (χ4v) is 3.72. The van der Waals surface area contributed by atoms with Crippen LogP contribution in [0.3, 0.4) is 0 Å². The third kappa shape index (κ3) is 3.12. The van der Waals surface area contributed by atoms with Gasteiger partial charge in [-0.2, -0.15) is 5.26 Å². The molecule has 1 saturated heterocycles. The Hall–Kier alpha value is -2.32. The van der Waals surface area contributed by atoms with E-state index in [0.717, 1.165) is 17.7 Å². The third-order valence-electron chi connectivity index (χ3n) is 3.60. The van der Waals surface area contributed by atoms with Crippen LogP contribution in [0.5, 0.6) is 0 Å². The number of nitriles is 1. The number of hydrogen-bond acceptors (Lipinski definition) is 4. The lowest BCUT2D eigenvalue weighted by atomic mass is 10.1. The molecule has 1 aromatic heterocycles. The number of nitrogens with zero attached hydrogens (tertiary/aromatic N) is 3. The number of pyridine rings is 1. The summed E-state index contributed by atoms with van der Waals surface area (Å²) in [7, 11) is 0. The molecule has 22 heavy (non-hydrogen) atoms. The van der Waals surface area contributed by atoms with Crippen molar-refractivity contribution in [2.75, 3.05) is 12.3 Å². The molecule has 1 amide bonds. The molecule has 0 bridgehead atoms. The summed E-state index contributed by atoms with van der Waals surface area (Å²) in [5, 5.41) is 9.02. The fraction of sp³-hybridized carbons (Fsp3) is 0.235. The van der Waals surface area contributed by atoms with Crippen LogP contribution in [0.2, 0.25) is 0 Å². The smallest absolute Gasteiger partial charge is 0.233 e. The van der Waals surface area contributed by atoms with Crippen LogP contribution in [0, 0.1) is 11.3 Å². The molecule has 1 atom stereocenters. The quantitative estimate of drug-likeness (QED) is 0.871. The largest absolute Gasteiger partial charge is 0.325 e. The molecule has 1 aromatic carbocycles. The Bertz CT molecular complexity index is 711. The minimum absolute atomic E-state index is 0.00971. The van der Waals surface area contributed by atoms with Crippen LogP contribution in [0.15, 0.2) is 48.7 Å². The van der Waals surface area contributed by atoms with Gasteiger partial charge < -0.3 is 4.90 Å². The minimum Gasteiger partial charge on any atom is -0.325 e. The predicted molar refractivity (Wildman–Crippen MR) is 86.0 cm³/mol. The summed E-state index contributed by atoms with van der Waals surface area (Å²) in [6.45, 7) is 0.643. The maximum atomic E-state index is 12.2. The second-order valence-electron chi connectivity index (χ2n) is 5.06. The maximum absolute atomic E-state index is 12.2. The first kappa shape index (κ1) is 14.6. The van der Waals surface area contributed by atoms with Crippen molar-refractivity contribution in [3.63, 3.8) is 0 Å². The second kappa shape index (κ2) is 6.63. The summed E-state index contributed by atoms with van der Waals surface area (Å²) in [6.07, 6.45) is 2.51. The van der Waals surface area contributed by atoms with E-state index in [4.69, 9.17) is 5.26 Å². The Kier molecular flexibility index (Phi) is 4.40. The summed E-state index contributed by atoms with van der Waals surface area (Å²) < 4.78 is 0. The van der Waals surface area contributed by atoms with Gasteiger partial charge in [-0.25, -0.2) is 0 Å². The number of carbonyl (C=O) groups is 1. The number of thioether (sulfide) groups is 1. The minimum atomic E-state index is -0.00971. The Morgan fingerprint density at radius 1 is 1.32 bits per heavy atom. The number of hydrogen-bond donors (Lipinski definition) is 0. The van der Waals surface area contributed by atoms with Crippen LogP contribution in [0.1, 0.15) is 22.2 Å². The zero-order valence-electron chi connectivity index (χ0n) is 12.0. The van der Waals surface area contributed by atoms with E-state index in [9.17, 15) is 4.79 Å². The van der Waals surface area contributed by atoms with Crippen molar-refractivity contribution in [1.29, 1.82) is 5.26 Å². The molecule has 0 aliphatic carbocycles. The average Bonchev–Trinajstić information content (AvgIpc) is 2.95. The first-order valence-electron chi connectivity index (χ1n) is 7.09. The van der Waals surface area contributed by atoms with Gasteiger partial charge in [0, 0.05) is 24.9 Å². The molecule has 0 saturated carbocycles. The van der Waals surface area contributed by atoms with Crippen LogP contribution < -0.4 is 0 Å². The van der Waals surface area contributed by atoms with E-state index in [2.05, 4.69) is 11.1 Å². The molecule has 1 aliphatic rings. The molecular formula is C17H15N3OS. The van der Waals surface area contributed by atoms with E-state index in [1.54, 1.807) is 24.0 Å². The van der Waals surface area contributed by atoms with Gasteiger partial charge in [0.05, 0.1) is 17.4 Å². The predicted octanol–water partition coefficient (Wildman–Crippen LogP) is 2.77. The number of aromatic nitrogens is 1. The highest BCUT2D eigenvalue weighted by molar-refractivity contribution is 8.00. The van der Waals surface area contributed by atoms with Crippen molar-refractivity contribution >= 4 is 17.7 Å².